The van der Waals surface area contributed by atoms with Crippen LogP contribution in [0.3, 0.4) is 0 Å². The summed E-state index contributed by atoms with van der Waals surface area (Å²) in [6.45, 7) is -2.75. The summed E-state index contributed by atoms with van der Waals surface area (Å²) < 4.78 is 135. The van der Waals surface area contributed by atoms with Gasteiger partial charge in [0, 0.05) is 26.4 Å². The minimum atomic E-state index is -4.83. The van der Waals surface area contributed by atoms with E-state index in [4.69, 9.17) is 24.6 Å². The second kappa shape index (κ2) is 11.4. The number of carbonyl (C=O) groups excluding carboxylic acids is 1. The van der Waals surface area contributed by atoms with Gasteiger partial charge in [0.1, 0.15) is 6.04 Å². The number of alkyl halides is 3. The Hall–Kier alpha value is -3.26. The van der Waals surface area contributed by atoms with Gasteiger partial charge in [-0.25, -0.2) is 0 Å². The Labute approximate surface area is 231 Å². The fraction of sp³-hybridized carbons (Fsp3) is 0.414. The number of nitrogens with zero attached hydrogens (tertiary/aromatic N) is 1. The lowest BCUT2D eigenvalue weighted by molar-refractivity contribution is -0.160. The van der Waals surface area contributed by atoms with Crippen molar-refractivity contribution in [2.45, 2.75) is 43.9 Å². The van der Waals surface area contributed by atoms with Crippen molar-refractivity contribution in [3.05, 3.63) is 83.0 Å². The summed E-state index contributed by atoms with van der Waals surface area (Å²) in [6.07, 6.45) is -4.56. The first-order chi connectivity index (χ1) is 21.9. The number of hydrogen-bond acceptors (Lipinski definition) is 4. The summed E-state index contributed by atoms with van der Waals surface area (Å²) in [6, 6.07) is 8.74. The second-order valence-electron chi connectivity index (χ2n) is 8.81. The number of nitrogens with one attached hydrogen (secondary N) is 1. The zero-order valence-corrected chi connectivity index (χ0v) is 19.6. The zero-order chi connectivity index (χ0) is 35.9. The molecule has 3 atom stereocenters. The number of rotatable bonds is 8. The SMILES string of the molecule is [2H]C([2H])([2H])NC(=O)[C@@H](c1ccccc1)N1CCc2cc(OC([2H])([2H])[2H])c(OC([2H])([2H])[2H])cc2[C@@H]1CCC1=CC([2H])([2H])C(C(F)(F)F)C=C1. The monoisotopic (exact) mass is 525 g/mol. The first-order valence-electron chi connectivity index (χ1n) is 17.1. The van der Waals surface area contributed by atoms with E-state index < -0.39 is 63.3 Å². The van der Waals surface area contributed by atoms with Gasteiger partial charge in [0.25, 0.3) is 0 Å². The molecule has 0 aromatic heterocycles. The molecule has 198 valence electrons. The molecular weight excluding hydrogens is 481 g/mol. The normalized spacial score (nSPS) is 27.3. The molecule has 8 heteroatoms. The highest BCUT2D eigenvalue weighted by Gasteiger charge is 2.39. The minimum Gasteiger partial charge on any atom is -0.493 e. The molecule has 1 N–H and O–H groups in total. The van der Waals surface area contributed by atoms with E-state index in [1.165, 1.54) is 18.2 Å². The molecule has 1 unspecified atom stereocenters. The largest absolute Gasteiger partial charge is 0.493 e. The van der Waals surface area contributed by atoms with Crippen molar-refractivity contribution >= 4 is 5.91 Å². The van der Waals surface area contributed by atoms with Crippen LogP contribution in [0.2, 0.25) is 0 Å². The van der Waals surface area contributed by atoms with Gasteiger partial charge in [0.2, 0.25) is 5.91 Å². The first kappa shape index (κ1) is 15.9. The number of hydrogen-bond donors (Lipinski definition) is 1. The van der Waals surface area contributed by atoms with Crippen molar-refractivity contribution in [1.29, 1.82) is 0 Å². The molecule has 0 bridgehead atoms. The lowest BCUT2D eigenvalue weighted by Gasteiger charge is -2.42. The molecule has 2 aliphatic rings. The van der Waals surface area contributed by atoms with Gasteiger partial charge in [-0.3, -0.25) is 9.69 Å². The molecule has 0 radical (unpaired) electrons. The van der Waals surface area contributed by atoms with Crippen LogP contribution in [0, 0.1) is 5.92 Å². The van der Waals surface area contributed by atoms with Gasteiger partial charge >= 0.3 is 6.18 Å². The van der Waals surface area contributed by atoms with E-state index in [0.717, 1.165) is 12.2 Å². The highest BCUT2D eigenvalue weighted by Crippen LogP contribution is 2.44. The lowest BCUT2D eigenvalue weighted by atomic mass is 9.85. The Morgan fingerprint density at radius 1 is 1.22 bits per heavy atom. The molecule has 1 aliphatic carbocycles. The molecule has 1 heterocycles. The number of amides is 1. The fourth-order valence-corrected chi connectivity index (χ4v) is 4.90. The van der Waals surface area contributed by atoms with Crippen LogP contribution in [-0.2, 0) is 11.2 Å². The summed E-state index contributed by atoms with van der Waals surface area (Å²) in [7, 11) is -6.00. The predicted molar refractivity (Wildman–Crippen MR) is 137 cm³/mol. The van der Waals surface area contributed by atoms with E-state index in [2.05, 4.69) is 0 Å². The Bertz CT molecular complexity index is 1540. The fourth-order valence-electron chi connectivity index (χ4n) is 4.90. The molecule has 1 aliphatic heterocycles. The van der Waals surface area contributed by atoms with Crippen molar-refractivity contribution in [2.75, 3.05) is 27.6 Å². The minimum absolute atomic E-state index is 0.00736. The maximum Gasteiger partial charge on any atom is 0.395 e. The number of carbonyl (C=O) groups is 1. The van der Waals surface area contributed by atoms with Crippen LogP contribution in [-0.4, -0.2) is 44.6 Å². The highest BCUT2D eigenvalue weighted by molar-refractivity contribution is 5.83. The van der Waals surface area contributed by atoms with Crippen LogP contribution in [0.15, 0.2) is 66.3 Å². The lowest BCUT2D eigenvalue weighted by Crippen LogP contribution is -2.44. The summed E-state index contributed by atoms with van der Waals surface area (Å²) in [4.78, 5) is 15.3. The summed E-state index contributed by atoms with van der Waals surface area (Å²) in [5.74, 6) is -4.05. The van der Waals surface area contributed by atoms with Crippen LogP contribution >= 0.6 is 0 Å². The van der Waals surface area contributed by atoms with Gasteiger partial charge in [-0.1, -0.05) is 54.1 Å². The smallest absolute Gasteiger partial charge is 0.395 e. The molecule has 2 aromatic rings. The molecule has 37 heavy (non-hydrogen) atoms. The van der Waals surface area contributed by atoms with Gasteiger partial charge < -0.3 is 14.8 Å². The molecule has 0 saturated heterocycles. The van der Waals surface area contributed by atoms with E-state index in [1.54, 1.807) is 35.2 Å². The van der Waals surface area contributed by atoms with E-state index in [-0.39, 0.29) is 37.1 Å². The van der Waals surface area contributed by atoms with Gasteiger partial charge in [-0.15, -0.1) is 0 Å². The van der Waals surface area contributed by atoms with Crippen molar-refractivity contribution in [3.63, 3.8) is 0 Å². The summed E-state index contributed by atoms with van der Waals surface area (Å²) in [5, 5.41) is 2.03. The molecule has 0 fully saturated rings. The molecule has 0 spiro atoms. The maximum absolute atomic E-state index is 13.6. The first-order valence-corrected chi connectivity index (χ1v) is 11.6. The van der Waals surface area contributed by atoms with E-state index >= 15 is 0 Å². The van der Waals surface area contributed by atoms with Crippen molar-refractivity contribution < 1.29 is 42.5 Å². The number of benzene rings is 2. The third kappa shape index (κ3) is 5.85. The highest BCUT2D eigenvalue weighted by atomic mass is 19.4. The number of likely N-dealkylation sites (N-methyl/N-ethyl adjacent to an activating group) is 1. The molecule has 2 aromatic carbocycles. The van der Waals surface area contributed by atoms with Gasteiger partial charge in [-0.2, -0.15) is 13.2 Å². The molecule has 5 nitrogen and oxygen atoms in total. The van der Waals surface area contributed by atoms with Gasteiger partial charge in [0.15, 0.2) is 11.5 Å². The average Bonchev–Trinajstić information content (AvgIpc) is 2.89. The van der Waals surface area contributed by atoms with Crippen LogP contribution in [0.4, 0.5) is 13.2 Å². The van der Waals surface area contributed by atoms with E-state index in [9.17, 15) is 18.0 Å². The number of halogens is 3. The zero-order valence-electron chi connectivity index (χ0n) is 30.6. The quantitative estimate of drug-likeness (QED) is 0.464. The molecule has 4 rings (SSSR count). The Balaban J connectivity index is 1.84. The summed E-state index contributed by atoms with van der Waals surface area (Å²) >= 11 is 0. The Kier molecular flexibility index (Phi) is 4.90. The topological polar surface area (TPSA) is 50.8 Å². The number of ether oxygens (including phenoxy) is 2. The van der Waals surface area contributed by atoms with Crippen molar-refractivity contribution in [2.24, 2.45) is 5.92 Å². The van der Waals surface area contributed by atoms with Crippen molar-refractivity contribution in [3.8, 4) is 11.5 Å². The molecule has 0 saturated carbocycles. The third-order valence-electron chi connectivity index (χ3n) is 6.65. The molecule has 1 amide bonds. The maximum atomic E-state index is 13.6. The Morgan fingerprint density at radius 3 is 2.65 bits per heavy atom. The molecular formula is C29H33F3N2O3. The average molecular weight is 526 g/mol. The summed E-state index contributed by atoms with van der Waals surface area (Å²) in [5.41, 5.74) is 1.52. The van der Waals surface area contributed by atoms with Crippen LogP contribution in [0.5, 0.6) is 11.5 Å². The van der Waals surface area contributed by atoms with E-state index in [0.29, 0.717) is 16.7 Å². The Morgan fingerprint density at radius 2 is 1.97 bits per heavy atom. The number of methoxy groups -OCH3 is 2. The van der Waals surface area contributed by atoms with Crippen LogP contribution in [0.1, 0.15) is 63.1 Å². The van der Waals surface area contributed by atoms with Crippen LogP contribution < -0.4 is 14.8 Å². The number of fused-ring (bicyclic) bond motifs is 1. The van der Waals surface area contributed by atoms with Gasteiger partial charge in [-0.05, 0) is 54.5 Å². The number of allylic oxidation sites excluding steroid dienone is 4. The standard InChI is InChI=1S/C29H33F3N2O3/c1-33-28(35)27(20-7-5-4-6-8-20)34-16-15-21-17-25(36-2)26(37-3)18-23(21)24(34)14-11-19-9-12-22(13-10-19)29(30,31)32/h4-10,12,17-18,22,24,27H,11,13-16H2,1-3H3,(H,33,35)/t22?,24-,27+/m0/s1/i1D3,2D3,3D3,13D2. The predicted octanol–water partition coefficient (Wildman–Crippen LogP) is 5.94. The second-order valence-corrected chi connectivity index (χ2v) is 8.81. The van der Waals surface area contributed by atoms with Crippen molar-refractivity contribution in [1.82, 2.24) is 10.2 Å². The van der Waals surface area contributed by atoms with E-state index in [1.807, 2.05) is 5.32 Å². The third-order valence-corrected chi connectivity index (χ3v) is 6.65. The van der Waals surface area contributed by atoms with Gasteiger partial charge in [0.05, 0.1) is 28.2 Å². The van der Waals surface area contributed by atoms with Crippen LogP contribution in [0.25, 0.3) is 0 Å².